The van der Waals surface area contributed by atoms with E-state index in [1.54, 1.807) is 0 Å². The Bertz CT molecular complexity index is 691. The summed E-state index contributed by atoms with van der Waals surface area (Å²) in [6, 6.07) is 10.2. The summed E-state index contributed by atoms with van der Waals surface area (Å²) < 4.78 is 5.44. The zero-order chi connectivity index (χ0) is 18.9. The number of carbonyl (C=O) groups is 2. The van der Waals surface area contributed by atoms with E-state index in [1.807, 2.05) is 18.2 Å². The van der Waals surface area contributed by atoms with E-state index in [0.29, 0.717) is 24.8 Å². The van der Waals surface area contributed by atoms with E-state index < -0.39 is 5.41 Å². The summed E-state index contributed by atoms with van der Waals surface area (Å²) in [6.45, 7) is 0.405. The van der Waals surface area contributed by atoms with Gasteiger partial charge in [-0.2, -0.15) is 0 Å². The molecule has 27 heavy (non-hydrogen) atoms. The Morgan fingerprint density at radius 1 is 1.11 bits per heavy atom. The third kappa shape index (κ3) is 4.16. The summed E-state index contributed by atoms with van der Waals surface area (Å²) in [6.07, 6.45) is 7.53. The fraction of sp³-hybridized carbons (Fsp3) is 0.636. The number of hydrogen-bond donors (Lipinski definition) is 1. The van der Waals surface area contributed by atoms with Crippen LogP contribution in [-0.2, 0) is 20.7 Å². The Morgan fingerprint density at radius 2 is 1.81 bits per heavy atom. The number of alkyl halides is 1. The number of aryl methyl sites for hydroxylation is 1. The van der Waals surface area contributed by atoms with Gasteiger partial charge >= 0.3 is 5.97 Å². The van der Waals surface area contributed by atoms with Crippen molar-refractivity contribution in [3.8, 4) is 0 Å². The molecule has 0 spiro atoms. The van der Waals surface area contributed by atoms with Gasteiger partial charge in [-0.3, -0.25) is 9.59 Å². The highest BCUT2D eigenvalue weighted by atomic mass is 35.5. The number of carbonyl (C=O) groups excluding carboxylic acids is 2. The molecule has 4 atom stereocenters. The average Bonchev–Trinajstić information content (AvgIpc) is 2.62. The Balaban J connectivity index is 1.21. The number of ether oxygens (including phenoxy) is 1. The lowest BCUT2D eigenvalue weighted by atomic mass is 9.49. The molecule has 1 aromatic carbocycles. The normalized spacial score (nSPS) is 33.7. The lowest BCUT2D eigenvalue weighted by Crippen LogP contribution is -2.56. The number of rotatable bonds is 7. The minimum absolute atomic E-state index is 0.184. The minimum Gasteiger partial charge on any atom is -0.455 e. The van der Waals surface area contributed by atoms with Crippen LogP contribution in [0.15, 0.2) is 30.3 Å². The van der Waals surface area contributed by atoms with Crippen LogP contribution in [0, 0.1) is 17.3 Å². The van der Waals surface area contributed by atoms with E-state index in [2.05, 4.69) is 17.4 Å². The van der Waals surface area contributed by atoms with Crippen molar-refractivity contribution in [3.05, 3.63) is 35.9 Å². The van der Waals surface area contributed by atoms with Gasteiger partial charge in [-0.15, -0.1) is 11.6 Å². The van der Waals surface area contributed by atoms with Crippen LogP contribution in [0.2, 0.25) is 0 Å². The molecule has 1 amide bonds. The van der Waals surface area contributed by atoms with Gasteiger partial charge in [0.25, 0.3) is 5.91 Å². The molecule has 146 valence electrons. The molecule has 1 aromatic rings. The zero-order valence-corrected chi connectivity index (χ0v) is 16.5. The van der Waals surface area contributed by atoms with Gasteiger partial charge in [0.1, 0.15) is 0 Å². The maximum absolute atomic E-state index is 12.8. The summed E-state index contributed by atoms with van der Waals surface area (Å²) in [7, 11) is 0. The van der Waals surface area contributed by atoms with Crippen molar-refractivity contribution in [2.24, 2.45) is 17.3 Å². The SMILES string of the molecule is O=C(COC(=O)C12C[C@@H]3C[C@@H](CC(Cl)(C3)C1)C2)NCCCc1ccccc1. The molecule has 5 heteroatoms. The van der Waals surface area contributed by atoms with Crippen molar-refractivity contribution in [1.82, 2.24) is 5.32 Å². The van der Waals surface area contributed by atoms with E-state index in [4.69, 9.17) is 16.3 Å². The summed E-state index contributed by atoms with van der Waals surface area (Å²) in [5.74, 6) is 0.661. The van der Waals surface area contributed by atoms with Crippen molar-refractivity contribution < 1.29 is 14.3 Å². The molecular formula is C22H28ClNO3. The number of halogens is 1. The Hall–Kier alpha value is -1.55. The molecule has 0 aromatic heterocycles. The number of esters is 1. The fourth-order valence-corrected chi connectivity index (χ4v) is 6.58. The highest BCUT2D eigenvalue weighted by Gasteiger charge is 2.60. The quantitative estimate of drug-likeness (QED) is 0.437. The molecule has 4 fully saturated rings. The number of benzene rings is 1. The first-order valence-corrected chi connectivity index (χ1v) is 10.5. The summed E-state index contributed by atoms with van der Waals surface area (Å²) in [5.41, 5.74) is 0.814. The molecule has 4 nitrogen and oxygen atoms in total. The summed E-state index contributed by atoms with van der Waals surface area (Å²) >= 11 is 6.78. The third-order valence-corrected chi connectivity index (χ3v) is 7.01. The van der Waals surface area contributed by atoms with Crippen molar-refractivity contribution in [3.63, 3.8) is 0 Å². The fourth-order valence-electron chi connectivity index (χ4n) is 5.89. The van der Waals surface area contributed by atoms with E-state index >= 15 is 0 Å². The maximum Gasteiger partial charge on any atom is 0.312 e. The second-order valence-corrected chi connectivity index (χ2v) is 9.71. The van der Waals surface area contributed by atoms with Gasteiger partial charge in [-0.05, 0) is 68.8 Å². The first-order chi connectivity index (χ1) is 13.0. The maximum atomic E-state index is 12.8. The second kappa shape index (κ2) is 7.46. The van der Waals surface area contributed by atoms with E-state index in [9.17, 15) is 9.59 Å². The highest BCUT2D eigenvalue weighted by molar-refractivity contribution is 6.24. The lowest BCUT2D eigenvalue weighted by Gasteiger charge is -2.58. The molecule has 4 aliphatic rings. The van der Waals surface area contributed by atoms with Crippen molar-refractivity contribution in [1.29, 1.82) is 0 Å². The monoisotopic (exact) mass is 389 g/mol. The van der Waals surface area contributed by atoms with Crippen LogP contribution in [0.5, 0.6) is 0 Å². The van der Waals surface area contributed by atoms with Crippen molar-refractivity contribution in [2.45, 2.75) is 56.2 Å². The third-order valence-electron chi connectivity index (χ3n) is 6.56. The van der Waals surface area contributed by atoms with Gasteiger partial charge in [0, 0.05) is 11.4 Å². The molecule has 4 saturated carbocycles. The molecule has 1 N–H and O–H groups in total. The Kier molecular flexibility index (Phi) is 5.19. The number of amides is 1. The molecule has 2 unspecified atom stereocenters. The minimum atomic E-state index is -0.445. The molecule has 0 heterocycles. The van der Waals surface area contributed by atoms with Gasteiger partial charge in [0.15, 0.2) is 6.61 Å². The summed E-state index contributed by atoms with van der Waals surface area (Å²) in [4.78, 5) is 24.6. The first kappa shape index (κ1) is 18.8. The van der Waals surface area contributed by atoms with Crippen LogP contribution in [0.4, 0.5) is 0 Å². The van der Waals surface area contributed by atoms with Gasteiger partial charge < -0.3 is 10.1 Å². The smallest absolute Gasteiger partial charge is 0.312 e. The average molecular weight is 390 g/mol. The van der Waals surface area contributed by atoms with E-state index in [1.165, 1.54) is 12.0 Å². The van der Waals surface area contributed by atoms with Gasteiger partial charge in [-0.1, -0.05) is 30.3 Å². The van der Waals surface area contributed by atoms with Crippen LogP contribution in [0.25, 0.3) is 0 Å². The Morgan fingerprint density at radius 3 is 2.48 bits per heavy atom. The van der Waals surface area contributed by atoms with Crippen LogP contribution >= 0.6 is 11.6 Å². The van der Waals surface area contributed by atoms with Crippen LogP contribution in [0.3, 0.4) is 0 Å². The standard InChI is InChI=1S/C22H28ClNO3/c23-22-12-17-9-18(13-22)11-21(10-17,15-22)20(26)27-14-19(25)24-8-4-7-16-5-2-1-3-6-16/h1-3,5-6,17-18H,4,7-15H2,(H,24,25)/t17-,18+,21?,22?. The zero-order valence-electron chi connectivity index (χ0n) is 15.7. The van der Waals surface area contributed by atoms with Gasteiger partial charge in [-0.25, -0.2) is 0 Å². The van der Waals surface area contributed by atoms with Crippen LogP contribution < -0.4 is 5.32 Å². The summed E-state index contributed by atoms with van der Waals surface area (Å²) in [5, 5.41) is 2.85. The Labute approximate surface area is 166 Å². The van der Waals surface area contributed by atoms with Crippen LogP contribution in [0.1, 0.15) is 50.5 Å². The number of nitrogens with one attached hydrogen (secondary N) is 1. The van der Waals surface area contributed by atoms with E-state index in [0.717, 1.165) is 38.5 Å². The van der Waals surface area contributed by atoms with E-state index in [-0.39, 0.29) is 23.4 Å². The van der Waals surface area contributed by atoms with Gasteiger partial charge in [0.05, 0.1) is 5.41 Å². The molecule has 5 rings (SSSR count). The van der Waals surface area contributed by atoms with Gasteiger partial charge in [0.2, 0.25) is 0 Å². The lowest BCUT2D eigenvalue weighted by molar-refractivity contribution is -0.171. The molecule has 0 radical (unpaired) electrons. The second-order valence-electron chi connectivity index (χ2n) is 8.91. The molecule has 4 bridgehead atoms. The molecule has 4 aliphatic carbocycles. The predicted octanol–water partition coefficient (Wildman–Crippen LogP) is 3.86. The largest absolute Gasteiger partial charge is 0.455 e. The van der Waals surface area contributed by atoms with Crippen molar-refractivity contribution >= 4 is 23.5 Å². The van der Waals surface area contributed by atoms with Crippen LogP contribution in [-0.4, -0.2) is 29.9 Å². The molecule has 0 saturated heterocycles. The topological polar surface area (TPSA) is 55.4 Å². The molecule has 0 aliphatic heterocycles. The van der Waals surface area contributed by atoms with Crippen molar-refractivity contribution in [2.75, 3.05) is 13.2 Å². The molecular weight excluding hydrogens is 362 g/mol. The predicted molar refractivity (Wildman–Crippen MR) is 104 cm³/mol. The first-order valence-electron chi connectivity index (χ1n) is 10.1. The number of hydrogen-bond acceptors (Lipinski definition) is 3. The highest BCUT2D eigenvalue weighted by Crippen LogP contribution is 2.64.